The monoisotopic (exact) mass is 510 g/mol. The zero-order valence-corrected chi connectivity index (χ0v) is 21.0. The molecule has 9 heteroatoms. The molecule has 0 spiro atoms. The van der Waals surface area contributed by atoms with Gasteiger partial charge in [0.05, 0.1) is 42.2 Å². The van der Waals surface area contributed by atoms with Crippen molar-refractivity contribution in [2.75, 3.05) is 30.2 Å². The molecular weight excluding hydrogens is 487 g/mol. The lowest BCUT2D eigenvalue weighted by Gasteiger charge is -2.23. The molecule has 0 unspecified atom stereocenters. The summed E-state index contributed by atoms with van der Waals surface area (Å²) in [5.74, 6) is 1.22. The highest BCUT2D eigenvalue weighted by Gasteiger charge is 2.21. The van der Waals surface area contributed by atoms with Gasteiger partial charge in [0, 0.05) is 17.3 Å². The van der Waals surface area contributed by atoms with Gasteiger partial charge in [-0.1, -0.05) is 48.0 Å². The zero-order chi connectivity index (χ0) is 25.1. The number of carbonyl (C=O) groups is 1. The van der Waals surface area contributed by atoms with Crippen molar-refractivity contribution in [3.05, 3.63) is 76.3 Å². The highest BCUT2D eigenvalue weighted by atomic mass is 35.5. The van der Waals surface area contributed by atoms with Crippen molar-refractivity contribution < 1.29 is 14.3 Å². The van der Waals surface area contributed by atoms with Crippen LogP contribution in [0.2, 0.25) is 10.0 Å². The van der Waals surface area contributed by atoms with Crippen LogP contribution in [0.5, 0.6) is 11.5 Å². The second kappa shape index (κ2) is 10.3. The molecule has 180 valence electrons. The Morgan fingerprint density at radius 1 is 1.11 bits per heavy atom. The molecule has 35 heavy (non-hydrogen) atoms. The van der Waals surface area contributed by atoms with Crippen LogP contribution in [0.15, 0.2) is 60.1 Å². The Hall–Kier alpha value is -3.68. The van der Waals surface area contributed by atoms with Crippen molar-refractivity contribution in [1.82, 2.24) is 0 Å². The maximum atomic E-state index is 11.8. The van der Waals surface area contributed by atoms with Crippen LogP contribution in [0.3, 0.4) is 0 Å². The van der Waals surface area contributed by atoms with E-state index in [1.165, 1.54) is 6.08 Å². The summed E-state index contributed by atoms with van der Waals surface area (Å²) in [5.41, 5.74) is 5.63. The summed E-state index contributed by atoms with van der Waals surface area (Å²) in [4.78, 5) is 16.5. The Kier molecular flexibility index (Phi) is 7.19. The first-order valence-corrected chi connectivity index (χ1v) is 11.5. The second-order valence-corrected chi connectivity index (χ2v) is 8.52. The molecule has 1 amide bonds. The molecule has 0 aliphatic carbocycles. The number of halogens is 2. The first-order valence-electron chi connectivity index (χ1n) is 10.7. The van der Waals surface area contributed by atoms with Gasteiger partial charge in [0.15, 0.2) is 0 Å². The van der Waals surface area contributed by atoms with E-state index in [1.54, 1.807) is 20.3 Å². The highest BCUT2D eigenvalue weighted by Crippen LogP contribution is 2.46. The van der Waals surface area contributed by atoms with Gasteiger partial charge in [-0.05, 0) is 47.9 Å². The zero-order valence-electron chi connectivity index (χ0n) is 19.5. The maximum absolute atomic E-state index is 11.8. The largest absolute Gasteiger partial charge is 0.495 e. The van der Waals surface area contributed by atoms with Crippen LogP contribution in [0.4, 0.5) is 17.1 Å². The molecule has 0 fully saturated rings. The lowest BCUT2D eigenvalue weighted by atomic mass is 10.00. The van der Waals surface area contributed by atoms with Crippen LogP contribution in [0.25, 0.3) is 11.1 Å². The molecule has 3 aromatic carbocycles. The standard InChI is InChI=1S/C26H24Cl2N4O3/c1-5-21(33)30-18-8-6-7-14(2)25(18)32-26-29-13-16-11-15(9-10-17(16)31-26)22-23(27)19(34-3)12-20(35-4)24(22)28/h5-12H,1,13H2,2-4H3,(H,30,33)(H2,29,31,32). The number of hydrogen-bond acceptors (Lipinski definition) is 6. The van der Waals surface area contributed by atoms with E-state index in [1.807, 2.05) is 43.3 Å². The van der Waals surface area contributed by atoms with Crippen molar-refractivity contribution >= 4 is 52.1 Å². The number of ether oxygens (including phenoxy) is 2. The molecule has 0 saturated heterocycles. The Bertz CT molecular complexity index is 1330. The number of anilines is 3. The summed E-state index contributed by atoms with van der Waals surface area (Å²) in [6, 6.07) is 13.1. The fraction of sp³-hybridized carbons (Fsp3) is 0.154. The Balaban J connectivity index is 1.63. The fourth-order valence-electron chi connectivity index (χ4n) is 3.78. The topological polar surface area (TPSA) is 84.0 Å². The number of carbonyl (C=O) groups excluding carboxylic acids is 1. The lowest BCUT2D eigenvalue weighted by molar-refractivity contribution is -0.111. The van der Waals surface area contributed by atoms with E-state index in [-0.39, 0.29) is 5.91 Å². The summed E-state index contributed by atoms with van der Waals surface area (Å²) >= 11 is 13.2. The van der Waals surface area contributed by atoms with Crippen LogP contribution in [-0.2, 0) is 11.3 Å². The SMILES string of the molecule is C=CC(=O)Nc1cccc(C)c1NC1=NCc2cc(-c3c(Cl)c(OC)cc(OC)c3Cl)ccc2N1. The molecule has 3 N–H and O–H groups in total. The molecule has 4 rings (SSSR count). The lowest BCUT2D eigenvalue weighted by Crippen LogP contribution is -2.27. The van der Waals surface area contributed by atoms with Gasteiger partial charge < -0.3 is 25.4 Å². The third kappa shape index (κ3) is 4.92. The summed E-state index contributed by atoms with van der Waals surface area (Å²) in [6.45, 7) is 5.89. The number of para-hydroxylation sites is 1. The minimum Gasteiger partial charge on any atom is -0.495 e. The third-order valence-corrected chi connectivity index (χ3v) is 6.34. The van der Waals surface area contributed by atoms with E-state index in [0.29, 0.717) is 45.3 Å². The number of rotatable bonds is 6. The number of hydrogen-bond donors (Lipinski definition) is 3. The first kappa shape index (κ1) is 24.4. The molecule has 3 aromatic rings. The predicted molar refractivity (Wildman–Crippen MR) is 143 cm³/mol. The molecule has 1 aliphatic rings. The number of nitrogens with one attached hydrogen (secondary N) is 3. The van der Waals surface area contributed by atoms with E-state index >= 15 is 0 Å². The van der Waals surface area contributed by atoms with Gasteiger partial charge >= 0.3 is 0 Å². The van der Waals surface area contributed by atoms with E-state index in [2.05, 4.69) is 27.5 Å². The number of amides is 1. The summed E-state index contributed by atoms with van der Waals surface area (Å²) < 4.78 is 10.8. The van der Waals surface area contributed by atoms with Gasteiger partial charge in [-0.3, -0.25) is 4.79 Å². The number of methoxy groups -OCH3 is 2. The molecule has 0 radical (unpaired) electrons. The summed E-state index contributed by atoms with van der Waals surface area (Å²) in [7, 11) is 3.09. The number of guanidine groups is 1. The minimum atomic E-state index is -0.290. The van der Waals surface area contributed by atoms with Crippen molar-refractivity contribution in [1.29, 1.82) is 0 Å². The van der Waals surface area contributed by atoms with E-state index in [4.69, 9.17) is 32.7 Å². The Morgan fingerprint density at radius 3 is 2.49 bits per heavy atom. The summed E-state index contributed by atoms with van der Waals surface area (Å²) in [6.07, 6.45) is 1.23. The number of aliphatic imine (C=N–C) groups is 1. The molecule has 0 atom stereocenters. The van der Waals surface area contributed by atoms with E-state index in [9.17, 15) is 4.79 Å². The molecule has 0 aromatic heterocycles. The molecule has 1 aliphatic heterocycles. The van der Waals surface area contributed by atoms with Crippen LogP contribution in [-0.4, -0.2) is 26.1 Å². The van der Waals surface area contributed by atoms with Gasteiger partial charge in [-0.25, -0.2) is 4.99 Å². The van der Waals surface area contributed by atoms with E-state index in [0.717, 1.165) is 28.1 Å². The third-order valence-electron chi connectivity index (χ3n) is 5.59. The second-order valence-electron chi connectivity index (χ2n) is 7.76. The molecule has 0 saturated carbocycles. The van der Waals surface area contributed by atoms with Crippen molar-refractivity contribution in [3.8, 4) is 22.6 Å². The minimum absolute atomic E-state index is 0.290. The smallest absolute Gasteiger partial charge is 0.247 e. The van der Waals surface area contributed by atoms with Crippen molar-refractivity contribution in [3.63, 3.8) is 0 Å². The number of aryl methyl sites for hydroxylation is 1. The van der Waals surface area contributed by atoms with Gasteiger partial charge in [0.2, 0.25) is 11.9 Å². The Labute approximate surface area is 213 Å². The van der Waals surface area contributed by atoms with Crippen molar-refractivity contribution in [2.45, 2.75) is 13.5 Å². The number of nitrogens with zero attached hydrogens (tertiary/aromatic N) is 1. The van der Waals surface area contributed by atoms with Crippen LogP contribution >= 0.6 is 23.2 Å². The van der Waals surface area contributed by atoms with Gasteiger partial charge in [0.1, 0.15) is 11.5 Å². The first-order chi connectivity index (χ1) is 16.9. The normalized spacial score (nSPS) is 12.1. The van der Waals surface area contributed by atoms with Crippen LogP contribution in [0.1, 0.15) is 11.1 Å². The van der Waals surface area contributed by atoms with Gasteiger partial charge in [-0.2, -0.15) is 0 Å². The van der Waals surface area contributed by atoms with Crippen LogP contribution < -0.4 is 25.4 Å². The number of benzene rings is 3. The Morgan fingerprint density at radius 2 is 1.83 bits per heavy atom. The average Bonchev–Trinajstić information content (AvgIpc) is 2.86. The molecule has 7 nitrogen and oxygen atoms in total. The maximum Gasteiger partial charge on any atom is 0.247 e. The molecule has 1 heterocycles. The average molecular weight is 511 g/mol. The van der Waals surface area contributed by atoms with Gasteiger partial charge in [0.25, 0.3) is 0 Å². The van der Waals surface area contributed by atoms with Gasteiger partial charge in [-0.15, -0.1) is 0 Å². The number of fused-ring (bicyclic) bond motifs is 1. The summed E-state index contributed by atoms with van der Waals surface area (Å²) in [5, 5.41) is 10.2. The fourth-order valence-corrected chi connectivity index (χ4v) is 4.50. The van der Waals surface area contributed by atoms with Crippen molar-refractivity contribution in [2.24, 2.45) is 4.99 Å². The molecule has 0 bridgehead atoms. The quantitative estimate of drug-likeness (QED) is 0.329. The molecular formula is C26H24Cl2N4O3. The van der Waals surface area contributed by atoms with Crippen LogP contribution in [0, 0.1) is 6.92 Å². The predicted octanol–water partition coefficient (Wildman–Crippen LogP) is 6.50. The highest BCUT2D eigenvalue weighted by molar-refractivity contribution is 6.41. The van der Waals surface area contributed by atoms with E-state index < -0.39 is 0 Å².